The third kappa shape index (κ3) is 2.07. The van der Waals surface area contributed by atoms with Gasteiger partial charge >= 0.3 is 0 Å². The molecular formula is C15H21NO2. The van der Waals surface area contributed by atoms with Crippen molar-refractivity contribution in [3.05, 3.63) is 23.8 Å². The van der Waals surface area contributed by atoms with Crippen LogP contribution in [0.25, 0.3) is 0 Å². The molecule has 1 aromatic carbocycles. The number of piperidine rings is 1. The Balaban J connectivity index is 1.91. The van der Waals surface area contributed by atoms with E-state index in [9.17, 15) is 0 Å². The monoisotopic (exact) mass is 247 g/mol. The van der Waals surface area contributed by atoms with Gasteiger partial charge in [-0.1, -0.05) is 18.6 Å². The normalized spacial score (nSPS) is 24.2. The molecule has 2 aliphatic heterocycles. The molecule has 2 heterocycles. The third-order valence-corrected chi connectivity index (χ3v) is 4.06. The first-order valence-electron chi connectivity index (χ1n) is 6.94. The summed E-state index contributed by atoms with van der Waals surface area (Å²) < 4.78 is 11.2. The van der Waals surface area contributed by atoms with Gasteiger partial charge in [-0.3, -0.25) is 4.90 Å². The molecular weight excluding hydrogens is 226 g/mol. The van der Waals surface area contributed by atoms with Gasteiger partial charge in [0.05, 0.1) is 13.7 Å². The van der Waals surface area contributed by atoms with Gasteiger partial charge in [0, 0.05) is 18.0 Å². The number of benzene rings is 1. The zero-order chi connectivity index (χ0) is 12.4. The van der Waals surface area contributed by atoms with Crippen LogP contribution in [0.3, 0.4) is 0 Å². The molecule has 18 heavy (non-hydrogen) atoms. The fourth-order valence-corrected chi connectivity index (χ4v) is 3.15. The van der Waals surface area contributed by atoms with Crippen LogP contribution in [0.4, 0.5) is 0 Å². The second kappa shape index (κ2) is 5.19. The van der Waals surface area contributed by atoms with Crippen molar-refractivity contribution in [3.8, 4) is 11.5 Å². The molecule has 2 aliphatic rings. The predicted octanol–water partition coefficient (Wildman–Crippen LogP) is 3.00. The highest BCUT2D eigenvalue weighted by Gasteiger charge is 2.29. The van der Waals surface area contributed by atoms with E-state index in [4.69, 9.17) is 9.47 Å². The van der Waals surface area contributed by atoms with E-state index in [0.717, 1.165) is 24.5 Å². The summed E-state index contributed by atoms with van der Waals surface area (Å²) in [6.45, 7) is 3.25. The molecule has 3 rings (SSSR count). The molecule has 0 aromatic heterocycles. The van der Waals surface area contributed by atoms with Crippen LogP contribution < -0.4 is 9.47 Å². The van der Waals surface area contributed by atoms with Crippen molar-refractivity contribution in [2.75, 3.05) is 26.8 Å². The summed E-state index contributed by atoms with van der Waals surface area (Å²) in [7, 11) is 1.71. The molecule has 1 saturated heterocycles. The SMILES string of the molecule is COc1cccc2c1OCCC2N1CCCCC1. The minimum atomic E-state index is 0.518. The quantitative estimate of drug-likeness (QED) is 0.802. The summed E-state index contributed by atoms with van der Waals surface area (Å²) in [5, 5.41) is 0. The Morgan fingerprint density at radius 3 is 2.83 bits per heavy atom. The molecule has 0 N–H and O–H groups in total. The first kappa shape index (κ1) is 11.8. The van der Waals surface area contributed by atoms with Crippen LogP contribution in [0.2, 0.25) is 0 Å². The number of rotatable bonds is 2. The molecule has 0 amide bonds. The number of para-hydroxylation sites is 1. The van der Waals surface area contributed by atoms with Crippen LogP contribution in [0.5, 0.6) is 11.5 Å². The Bertz CT molecular complexity index is 413. The van der Waals surface area contributed by atoms with Crippen molar-refractivity contribution in [2.45, 2.75) is 31.7 Å². The largest absolute Gasteiger partial charge is 0.493 e. The average molecular weight is 247 g/mol. The molecule has 0 spiro atoms. The number of nitrogens with zero attached hydrogens (tertiary/aromatic N) is 1. The zero-order valence-electron chi connectivity index (χ0n) is 11.0. The van der Waals surface area contributed by atoms with E-state index in [-0.39, 0.29) is 0 Å². The lowest BCUT2D eigenvalue weighted by molar-refractivity contribution is 0.117. The molecule has 3 nitrogen and oxygen atoms in total. The Labute approximate surface area is 109 Å². The van der Waals surface area contributed by atoms with Crippen LogP contribution in [-0.4, -0.2) is 31.7 Å². The summed E-state index contributed by atoms with van der Waals surface area (Å²) in [4.78, 5) is 2.62. The number of likely N-dealkylation sites (tertiary alicyclic amines) is 1. The van der Waals surface area contributed by atoms with E-state index in [1.54, 1.807) is 7.11 Å². The van der Waals surface area contributed by atoms with Gasteiger partial charge in [-0.25, -0.2) is 0 Å². The maximum atomic E-state index is 5.81. The number of methoxy groups -OCH3 is 1. The molecule has 0 bridgehead atoms. The third-order valence-electron chi connectivity index (χ3n) is 4.06. The lowest BCUT2D eigenvalue weighted by atomic mass is 9.96. The van der Waals surface area contributed by atoms with Crippen LogP contribution >= 0.6 is 0 Å². The highest BCUT2D eigenvalue weighted by Crippen LogP contribution is 2.42. The minimum absolute atomic E-state index is 0.518. The van der Waals surface area contributed by atoms with E-state index in [0.29, 0.717) is 6.04 Å². The first-order valence-corrected chi connectivity index (χ1v) is 6.94. The van der Waals surface area contributed by atoms with Crippen molar-refractivity contribution in [1.29, 1.82) is 0 Å². The van der Waals surface area contributed by atoms with Crippen molar-refractivity contribution in [1.82, 2.24) is 4.90 Å². The molecule has 0 radical (unpaired) electrons. The van der Waals surface area contributed by atoms with Crippen LogP contribution in [-0.2, 0) is 0 Å². The lowest BCUT2D eigenvalue weighted by Gasteiger charge is -2.38. The van der Waals surface area contributed by atoms with E-state index < -0.39 is 0 Å². The zero-order valence-corrected chi connectivity index (χ0v) is 11.0. The Hall–Kier alpha value is -1.22. The van der Waals surface area contributed by atoms with Gasteiger partial charge in [-0.15, -0.1) is 0 Å². The molecule has 3 heteroatoms. The minimum Gasteiger partial charge on any atom is -0.493 e. The first-order chi connectivity index (χ1) is 8.90. The lowest BCUT2D eigenvalue weighted by Crippen LogP contribution is -2.36. The summed E-state index contributed by atoms with van der Waals surface area (Å²) in [6, 6.07) is 6.76. The Morgan fingerprint density at radius 2 is 2.06 bits per heavy atom. The van der Waals surface area contributed by atoms with Gasteiger partial charge in [0.25, 0.3) is 0 Å². The van der Waals surface area contributed by atoms with Gasteiger partial charge in [0.1, 0.15) is 0 Å². The van der Waals surface area contributed by atoms with E-state index in [2.05, 4.69) is 17.0 Å². The highest BCUT2D eigenvalue weighted by molar-refractivity contribution is 5.49. The molecule has 1 unspecified atom stereocenters. The van der Waals surface area contributed by atoms with Crippen molar-refractivity contribution >= 4 is 0 Å². The fourth-order valence-electron chi connectivity index (χ4n) is 3.15. The van der Waals surface area contributed by atoms with Gasteiger partial charge in [-0.2, -0.15) is 0 Å². The predicted molar refractivity (Wildman–Crippen MR) is 71.3 cm³/mol. The standard InChI is InChI=1S/C15H21NO2/c1-17-14-7-5-6-12-13(8-11-18-15(12)14)16-9-3-2-4-10-16/h5-7,13H,2-4,8-11H2,1H3. The summed E-state index contributed by atoms with van der Waals surface area (Å²) in [5.74, 6) is 1.83. The Kier molecular flexibility index (Phi) is 3.41. The molecule has 0 aliphatic carbocycles. The maximum absolute atomic E-state index is 5.81. The highest BCUT2D eigenvalue weighted by atomic mass is 16.5. The maximum Gasteiger partial charge on any atom is 0.165 e. The van der Waals surface area contributed by atoms with Gasteiger partial charge in [0.2, 0.25) is 0 Å². The topological polar surface area (TPSA) is 21.7 Å². The van der Waals surface area contributed by atoms with Crippen molar-refractivity contribution in [2.24, 2.45) is 0 Å². The number of hydrogen-bond donors (Lipinski definition) is 0. The van der Waals surface area contributed by atoms with Gasteiger partial charge in [0.15, 0.2) is 11.5 Å². The van der Waals surface area contributed by atoms with Crippen molar-refractivity contribution in [3.63, 3.8) is 0 Å². The van der Waals surface area contributed by atoms with Crippen LogP contribution in [0, 0.1) is 0 Å². The van der Waals surface area contributed by atoms with Crippen LogP contribution in [0.1, 0.15) is 37.3 Å². The smallest absolute Gasteiger partial charge is 0.165 e. The van der Waals surface area contributed by atoms with E-state index in [1.165, 1.54) is 37.9 Å². The van der Waals surface area contributed by atoms with E-state index >= 15 is 0 Å². The Morgan fingerprint density at radius 1 is 1.22 bits per heavy atom. The molecule has 1 aromatic rings. The second-order valence-electron chi connectivity index (χ2n) is 5.13. The molecule has 1 atom stereocenters. The van der Waals surface area contributed by atoms with Crippen LogP contribution in [0.15, 0.2) is 18.2 Å². The van der Waals surface area contributed by atoms with Crippen molar-refractivity contribution < 1.29 is 9.47 Å². The molecule has 98 valence electrons. The van der Waals surface area contributed by atoms with Gasteiger partial charge < -0.3 is 9.47 Å². The molecule has 1 fully saturated rings. The summed E-state index contributed by atoms with van der Waals surface area (Å²) in [6.07, 6.45) is 5.14. The number of ether oxygens (including phenoxy) is 2. The number of fused-ring (bicyclic) bond motifs is 1. The molecule has 0 saturated carbocycles. The summed E-state index contributed by atoms with van der Waals surface area (Å²) >= 11 is 0. The second-order valence-corrected chi connectivity index (χ2v) is 5.13. The van der Waals surface area contributed by atoms with E-state index in [1.807, 2.05) is 6.07 Å². The van der Waals surface area contributed by atoms with Gasteiger partial charge in [-0.05, 0) is 32.0 Å². The number of hydrogen-bond acceptors (Lipinski definition) is 3. The fraction of sp³-hybridized carbons (Fsp3) is 0.600. The summed E-state index contributed by atoms with van der Waals surface area (Å²) in [5.41, 5.74) is 1.31. The average Bonchev–Trinajstić information content (AvgIpc) is 2.47.